The van der Waals surface area contributed by atoms with Crippen molar-refractivity contribution >= 4 is 17.2 Å². The van der Waals surface area contributed by atoms with E-state index in [1.807, 2.05) is 30.8 Å². The summed E-state index contributed by atoms with van der Waals surface area (Å²) in [4.78, 5) is 8.71. The highest BCUT2D eigenvalue weighted by molar-refractivity contribution is 7.13. The first-order valence-electron chi connectivity index (χ1n) is 4.91. The van der Waals surface area contributed by atoms with Crippen LogP contribution >= 0.6 is 11.3 Å². The molecule has 0 radical (unpaired) electrons. The molecule has 0 aromatic carbocycles. The largest absolute Gasteiger partial charge is 0.378 e. The summed E-state index contributed by atoms with van der Waals surface area (Å²) in [7, 11) is 3.52. The monoisotopic (exact) mass is 235 g/mol. The Morgan fingerprint density at radius 1 is 1.44 bits per heavy atom. The second-order valence-corrected chi connectivity index (χ2v) is 4.12. The van der Waals surface area contributed by atoms with Gasteiger partial charge < -0.3 is 10.1 Å². The molecule has 0 atom stereocenters. The van der Waals surface area contributed by atoms with E-state index in [1.54, 1.807) is 18.4 Å². The molecule has 0 unspecified atom stereocenters. The fourth-order valence-corrected chi connectivity index (χ4v) is 2.11. The molecule has 0 spiro atoms. The van der Waals surface area contributed by atoms with Crippen LogP contribution in [0.4, 0.5) is 5.82 Å². The molecule has 2 aromatic heterocycles. The van der Waals surface area contributed by atoms with Crippen LogP contribution in [0.2, 0.25) is 0 Å². The Morgan fingerprint density at radius 3 is 2.88 bits per heavy atom. The van der Waals surface area contributed by atoms with Gasteiger partial charge in [0.2, 0.25) is 0 Å². The number of ether oxygens (including phenoxy) is 1. The first kappa shape index (κ1) is 11.0. The minimum absolute atomic E-state index is 0.542. The molecule has 5 heteroatoms. The lowest BCUT2D eigenvalue weighted by Crippen LogP contribution is -1.92. The zero-order valence-electron chi connectivity index (χ0n) is 9.23. The fraction of sp³-hybridized carbons (Fsp3) is 0.273. The summed E-state index contributed by atoms with van der Waals surface area (Å²) in [5.74, 6) is 0.890. The quantitative estimate of drug-likeness (QED) is 0.884. The molecule has 0 aliphatic carbocycles. The van der Waals surface area contributed by atoms with E-state index in [0.717, 1.165) is 22.1 Å². The second kappa shape index (κ2) is 5.05. The van der Waals surface area contributed by atoms with Gasteiger partial charge in [-0.3, -0.25) is 4.98 Å². The number of rotatable bonds is 4. The van der Waals surface area contributed by atoms with Crippen molar-refractivity contribution in [1.82, 2.24) is 9.97 Å². The average Bonchev–Trinajstić information content (AvgIpc) is 2.79. The summed E-state index contributed by atoms with van der Waals surface area (Å²) in [6.45, 7) is 0.542. The molecule has 0 aliphatic rings. The van der Waals surface area contributed by atoms with Gasteiger partial charge in [0, 0.05) is 31.3 Å². The predicted octanol–water partition coefficient (Wildman–Crippen LogP) is 2.39. The summed E-state index contributed by atoms with van der Waals surface area (Å²) in [6, 6.07) is 3.97. The normalized spacial score (nSPS) is 10.4. The van der Waals surface area contributed by atoms with Gasteiger partial charge in [-0.15, -0.1) is 11.3 Å². The highest BCUT2D eigenvalue weighted by Crippen LogP contribution is 2.24. The molecule has 4 nitrogen and oxygen atoms in total. The highest BCUT2D eigenvalue weighted by atomic mass is 32.1. The molecular formula is C11H13N3OS. The number of nitrogens with one attached hydrogen (secondary N) is 1. The molecule has 0 bridgehead atoms. The Balaban J connectivity index is 2.20. The molecule has 0 saturated carbocycles. The van der Waals surface area contributed by atoms with Crippen molar-refractivity contribution in [2.45, 2.75) is 6.61 Å². The average molecular weight is 235 g/mol. The molecule has 2 heterocycles. The lowest BCUT2D eigenvalue weighted by atomic mass is 10.2. The van der Waals surface area contributed by atoms with Crippen molar-refractivity contribution in [3.8, 4) is 10.6 Å². The summed E-state index contributed by atoms with van der Waals surface area (Å²) < 4.78 is 5.01. The Labute approximate surface area is 98.3 Å². The van der Waals surface area contributed by atoms with Gasteiger partial charge in [0.25, 0.3) is 0 Å². The molecule has 0 fully saturated rings. The van der Waals surface area contributed by atoms with Gasteiger partial charge >= 0.3 is 0 Å². The summed E-state index contributed by atoms with van der Waals surface area (Å²) in [5, 5.41) is 5.97. The molecule has 2 aromatic rings. The Hall–Kier alpha value is -1.46. The van der Waals surface area contributed by atoms with Crippen LogP contribution < -0.4 is 5.32 Å². The number of hydrogen-bond acceptors (Lipinski definition) is 5. The molecular weight excluding hydrogens is 222 g/mol. The van der Waals surface area contributed by atoms with Gasteiger partial charge in [0.1, 0.15) is 10.8 Å². The highest BCUT2D eigenvalue weighted by Gasteiger charge is 2.04. The lowest BCUT2D eigenvalue weighted by Gasteiger charge is -1.99. The van der Waals surface area contributed by atoms with Gasteiger partial charge in [-0.1, -0.05) is 0 Å². The van der Waals surface area contributed by atoms with E-state index in [2.05, 4.69) is 15.3 Å². The van der Waals surface area contributed by atoms with Crippen molar-refractivity contribution in [3.05, 3.63) is 29.4 Å². The standard InChI is InChI=1S/C11H13N3OS/c1-12-10-7-16-11(14-10)8-3-4-9(6-15-2)13-5-8/h3-5,7,12H,6H2,1-2H3. The fourth-order valence-electron chi connectivity index (χ4n) is 1.31. The van der Waals surface area contributed by atoms with Crippen LogP contribution in [0.1, 0.15) is 5.69 Å². The summed E-state index contributed by atoms with van der Waals surface area (Å²) in [5.41, 5.74) is 1.96. The van der Waals surface area contributed by atoms with E-state index in [-0.39, 0.29) is 0 Å². The van der Waals surface area contributed by atoms with E-state index in [9.17, 15) is 0 Å². The predicted molar refractivity (Wildman–Crippen MR) is 65.6 cm³/mol. The van der Waals surface area contributed by atoms with Gasteiger partial charge in [-0.2, -0.15) is 0 Å². The van der Waals surface area contributed by atoms with Crippen molar-refractivity contribution < 1.29 is 4.74 Å². The minimum Gasteiger partial charge on any atom is -0.378 e. The number of methoxy groups -OCH3 is 1. The number of aromatic nitrogens is 2. The van der Waals surface area contributed by atoms with Crippen LogP contribution in [0.5, 0.6) is 0 Å². The molecule has 0 saturated heterocycles. The maximum atomic E-state index is 5.01. The summed E-state index contributed by atoms with van der Waals surface area (Å²) >= 11 is 1.60. The van der Waals surface area contributed by atoms with Crippen molar-refractivity contribution in [1.29, 1.82) is 0 Å². The van der Waals surface area contributed by atoms with E-state index >= 15 is 0 Å². The van der Waals surface area contributed by atoms with E-state index in [1.165, 1.54) is 0 Å². The number of pyridine rings is 1. The maximum absolute atomic E-state index is 5.01. The van der Waals surface area contributed by atoms with Gasteiger partial charge in [-0.05, 0) is 12.1 Å². The third-order valence-corrected chi connectivity index (χ3v) is 3.02. The van der Waals surface area contributed by atoms with Crippen LogP contribution in [-0.4, -0.2) is 24.1 Å². The van der Waals surface area contributed by atoms with E-state index in [4.69, 9.17) is 4.74 Å². The van der Waals surface area contributed by atoms with Crippen molar-refractivity contribution in [2.75, 3.05) is 19.5 Å². The zero-order chi connectivity index (χ0) is 11.4. The number of anilines is 1. The maximum Gasteiger partial charge on any atom is 0.137 e. The first-order valence-corrected chi connectivity index (χ1v) is 5.79. The topological polar surface area (TPSA) is 47.0 Å². The molecule has 2 rings (SSSR count). The van der Waals surface area contributed by atoms with Gasteiger partial charge in [-0.25, -0.2) is 4.98 Å². The van der Waals surface area contributed by atoms with Gasteiger partial charge in [0.15, 0.2) is 0 Å². The molecule has 84 valence electrons. The zero-order valence-corrected chi connectivity index (χ0v) is 10.0. The molecule has 0 aliphatic heterocycles. The number of thiazole rings is 1. The molecule has 16 heavy (non-hydrogen) atoms. The molecule has 0 amide bonds. The SMILES string of the molecule is CNc1csc(-c2ccc(COC)nc2)n1. The number of hydrogen-bond donors (Lipinski definition) is 1. The summed E-state index contributed by atoms with van der Waals surface area (Å²) in [6.07, 6.45) is 1.83. The van der Waals surface area contributed by atoms with E-state index in [0.29, 0.717) is 6.61 Å². The Bertz CT molecular complexity index is 453. The second-order valence-electron chi connectivity index (χ2n) is 3.26. The molecule has 1 N–H and O–H groups in total. The third kappa shape index (κ3) is 2.37. The van der Waals surface area contributed by atoms with Crippen LogP contribution in [0.3, 0.4) is 0 Å². The Kier molecular flexibility index (Phi) is 3.48. The first-order chi connectivity index (χ1) is 7.83. The van der Waals surface area contributed by atoms with Gasteiger partial charge in [0.05, 0.1) is 12.3 Å². The lowest BCUT2D eigenvalue weighted by molar-refractivity contribution is 0.181. The minimum atomic E-state index is 0.542. The van der Waals surface area contributed by atoms with Crippen LogP contribution in [0, 0.1) is 0 Å². The van der Waals surface area contributed by atoms with Crippen LogP contribution in [0.25, 0.3) is 10.6 Å². The third-order valence-electron chi connectivity index (χ3n) is 2.12. The smallest absolute Gasteiger partial charge is 0.137 e. The number of nitrogens with zero attached hydrogens (tertiary/aromatic N) is 2. The Morgan fingerprint density at radius 2 is 2.31 bits per heavy atom. The van der Waals surface area contributed by atoms with Crippen molar-refractivity contribution in [2.24, 2.45) is 0 Å². The van der Waals surface area contributed by atoms with E-state index < -0.39 is 0 Å². The van der Waals surface area contributed by atoms with Crippen LogP contribution in [0.15, 0.2) is 23.7 Å². The van der Waals surface area contributed by atoms with Crippen LogP contribution in [-0.2, 0) is 11.3 Å². The van der Waals surface area contributed by atoms with Crippen molar-refractivity contribution in [3.63, 3.8) is 0 Å².